The van der Waals surface area contributed by atoms with Gasteiger partial charge in [0.2, 0.25) is 0 Å². The van der Waals surface area contributed by atoms with Crippen LogP contribution in [0.4, 0.5) is 3.89 Å². The number of aliphatic hydroxyl groups is 1. The van der Waals surface area contributed by atoms with Crippen molar-refractivity contribution in [1.82, 2.24) is 0 Å². The van der Waals surface area contributed by atoms with Crippen LogP contribution in [0.5, 0.6) is 5.75 Å². The van der Waals surface area contributed by atoms with Gasteiger partial charge in [-0.25, -0.2) is 0 Å². The predicted molar refractivity (Wildman–Crippen MR) is 48.0 cm³/mol. The lowest BCUT2D eigenvalue weighted by Crippen LogP contribution is -2.10. The van der Waals surface area contributed by atoms with Crippen molar-refractivity contribution < 1.29 is 22.5 Å². The highest BCUT2D eigenvalue weighted by Gasteiger charge is 2.19. The Hall–Kier alpha value is -1.14. The van der Waals surface area contributed by atoms with Gasteiger partial charge < -0.3 is 10.2 Å². The number of phenols is 1. The molecule has 1 aromatic rings. The van der Waals surface area contributed by atoms with E-state index in [1.54, 1.807) is 0 Å². The van der Waals surface area contributed by atoms with Gasteiger partial charge in [0.05, 0.1) is 6.10 Å². The fourth-order valence-electron chi connectivity index (χ4n) is 1.05. The molecule has 0 spiro atoms. The molecule has 14 heavy (non-hydrogen) atoms. The lowest BCUT2D eigenvalue weighted by molar-refractivity contribution is 0.196. The van der Waals surface area contributed by atoms with Crippen LogP contribution in [0.25, 0.3) is 0 Å². The monoisotopic (exact) mass is 220 g/mol. The number of hydrogen-bond donors (Lipinski definition) is 2. The van der Waals surface area contributed by atoms with E-state index in [4.69, 9.17) is 0 Å². The molecule has 0 heterocycles. The first kappa shape index (κ1) is 10.9. The second kappa shape index (κ2) is 3.93. The van der Waals surface area contributed by atoms with Crippen LogP contribution in [0.3, 0.4) is 0 Å². The molecule has 0 aliphatic rings. The molecular formula is C8H9FO4S. The fourth-order valence-corrected chi connectivity index (χ4v) is 1.60. The summed E-state index contributed by atoms with van der Waals surface area (Å²) in [6, 6.07) is 5.62. The van der Waals surface area contributed by atoms with E-state index in [1.807, 2.05) is 0 Å². The van der Waals surface area contributed by atoms with Crippen molar-refractivity contribution in [1.29, 1.82) is 0 Å². The van der Waals surface area contributed by atoms with E-state index in [0.717, 1.165) is 0 Å². The van der Waals surface area contributed by atoms with Crippen molar-refractivity contribution in [2.75, 3.05) is 5.75 Å². The first-order valence-corrected chi connectivity index (χ1v) is 5.34. The Morgan fingerprint density at radius 2 is 1.93 bits per heavy atom. The van der Waals surface area contributed by atoms with Gasteiger partial charge in [-0.15, -0.1) is 3.89 Å². The lowest BCUT2D eigenvalue weighted by Gasteiger charge is -2.09. The van der Waals surface area contributed by atoms with Crippen molar-refractivity contribution in [3.63, 3.8) is 0 Å². The van der Waals surface area contributed by atoms with Crippen molar-refractivity contribution in [2.24, 2.45) is 0 Å². The SMILES string of the molecule is O=S(=O)(F)CC(O)c1ccccc1O. The smallest absolute Gasteiger partial charge is 0.305 e. The third-order valence-corrected chi connectivity index (χ3v) is 2.37. The first-order valence-electron chi connectivity index (χ1n) is 3.78. The second-order valence-corrected chi connectivity index (χ2v) is 4.19. The Balaban J connectivity index is 2.90. The molecule has 0 aliphatic heterocycles. The van der Waals surface area contributed by atoms with Crippen molar-refractivity contribution in [2.45, 2.75) is 6.10 Å². The van der Waals surface area contributed by atoms with Gasteiger partial charge in [-0.05, 0) is 6.07 Å². The summed E-state index contributed by atoms with van der Waals surface area (Å²) < 4.78 is 32.6. The highest BCUT2D eigenvalue weighted by molar-refractivity contribution is 7.86. The number of para-hydroxylation sites is 1. The van der Waals surface area contributed by atoms with Gasteiger partial charge in [-0.2, -0.15) is 8.42 Å². The minimum atomic E-state index is -4.75. The molecule has 2 N–H and O–H groups in total. The zero-order chi connectivity index (χ0) is 10.8. The fraction of sp³-hybridized carbons (Fsp3) is 0.250. The normalized spacial score (nSPS) is 13.9. The summed E-state index contributed by atoms with van der Waals surface area (Å²) in [5, 5.41) is 18.5. The summed E-state index contributed by atoms with van der Waals surface area (Å²) in [5.74, 6) is -1.31. The summed E-state index contributed by atoms with van der Waals surface area (Å²) in [6.07, 6.45) is -1.55. The summed E-state index contributed by atoms with van der Waals surface area (Å²) >= 11 is 0. The predicted octanol–water partition coefficient (Wildman–Crippen LogP) is 0.725. The Kier molecular flexibility index (Phi) is 3.07. The number of rotatable bonds is 3. The van der Waals surface area contributed by atoms with Gasteiger partial charge in [0.15, 0.2) is 0 Å². The third kappa shape index (κ3) is 2.97. The van der Waals surface area contributed by atoms with E-state index in [9.17, 15) is 22.5 Å². The van der Waals surface area contributed by atoms with Gasteiger partial charge in [-0.3, -0.25) is 0 Å². The highest BCUT2D eigenvalue weighted by Crippen LogP contribution is 2.24. The maximum Gasteiger partial charge on any atom is 0.305 e. The molecule has 0 fully saturated rings. The molecule has 1 rings (SSSR count). The van der Waals surface area contributed by atoms with Crippen LogP contribution in [0.1, 0.15) is 11.7 Å². The largest absolute Gasteiger partial charge is 0.508 e. The molecule has 0 saturated carbocycles. The second-order valence-electron chi connectivity index (χ2n) is 2.78. The van der Waals surface area contributed by atoms with Crippen LogP contribution >= 0.6 is 0 Å². The minimum Gasteiger partial charge on any atom is -0.508 e. The standard InChI is InChI=1S/C8H9FO4S/c9-14(12,13)5-8(11)6-3-1-2-4-7(6)10/h1-4,8,10-11H,5H2. The van der Waals surface area contributed by atoms with Crippen molar-refractivity contribution in [3.05, 3.63) is 29.8 Å². The number of halogens is 1. The molecule has 1 atom stereocenters. The number of aliphatic hydroxyl groups excluding tert-OH is 1. The van der Waals surface area contributed by atoms with Crippen LogP contribution in [-0.2, 0) is 10.2 Å². The van der Waals surface area contributed by atoms with Crippen molar-refractivity contribution in [3.8, 4) is 5.75 Å². The molecule has 0 amide bonds. The number of phenolic OH excluding ortho intramolecular Hbond substituents is 1. The molecule has 0 bridgehead atoms. The van der Waals surface area contributed by atoms with Crippen LogP contribution in [0, 0.1) is 0 Å². The average molecular weight is 220 g/mol. The molecule has 1 aromatic carbocycles. The molecule has 6 heteroatoms. The van der Waals surface area contributed by atoms with Crippen LogP contribution in [0.2, 0.25) is 0 Å². The zero-order valence-electron chi connectivity index (χ0n) is 7.09. The number of benzene rings is 1. The molecule has 0 radical (unpaired) electrons. The lowest BCUT2D eigenvalue weighted by atomic mass is 10.1. The Morgan fingerprint density at radius 1 is 1.36 bits per heavy atom. The van der Waals surface area contributed by atoms with E-state index in [-0.39, 0.29) is 11.3 Å². The van der Waals surface area contributed by atoms with E-state index in [1.165, 1.54) is 24.3 Å². The van der Waals surface area contributed by atoms with Gasteiger partial charge >= 0.3 is 10.2 Å². The maximum atomic E-state index is 12.2. The molecular weight excluding hydrogens is 211 g/mol. The molecule has 1 unspecified atom stereocenters. The first-order chi connectivity index (χ1) is 6.40. The third-order valence-electron chi connectivity index (χ3n) is 1.65. The molecule has 4 nitrogen and oxygen atoms in total. The van der Waals surface area contributed by atoms with Crippen LogP contribution in [-0.4, -0.2) is 24.4 Å². The maximum absolute atomic E-state index is 12.2. The Labute approximate surface area is 80.8 Å². The quantitative estimate of drug-likeness (QED) is 0.736. The van der Waals surface area contributed by atoms with Gasteiger partial charge in [0.25, 0.3) is 0 Å². The number of aromatic hydroxyl groups is 1. The molecule has 0 aliphatic carbocycles. The Morgan fingerprint density at radius 3 is 2.43 bits per heavy atom. The summed E-state index contributed by atoms with van der Waals surface area (Å²) in [6.45, 7) is 0. The summed E-state index contributed by atoms with van der Waals surface area (Å²) in [5.41, 5.74) is -0.00581. The van der Waals surface area contributed by atoms with Crippen LogP contribution < -0.4 is 0 Å². The van der Waals surface area contributed by atoms with Gasteiger partial charge in [-0.1, -0.05) is 18.2 Å². The molecule has 78 valence electrons. The van der Waals surface area contributed by atoms with E-state index in [0.29, 0.717) is 0 Å². The highest BCUT2D eigenvalue weighted by atomic mass is 32.3. The van der Waals surface area contributed by atoms with E-state index < -0.39 is 22.1 Å². The number of hydrogen-bond acceptors (Lipinski definition) is 4. The van der Waals surface area contributed by atoms with Gasteiger partial charge in [0, 0.05) is 5.56 Å². The van der Waals surface area contributed by atoms with Crippen molar-refractivity contribution >= 4 is 10.2 Å². The minimum absolute atomic E-state index is 0.00581. The van der Waals surface area contributed by atoms with Gasteiger partial charge in [0.1, 0.15) is 11.5 Å². The van der Waals surface area contributed by atoms with E-state index >= 15 is 0 Å². The molecule has 0 aromatic heterocycles. The van der Waals surface area contributed by atoms with E-state index in [2.05, 4.69) is 0 Å². The zero-order valence-corrected chi connectivity index (χ0v) is 7.91. The summed E-state index contributed by atoms with van der Waals surface area (Å²) in [7, 11) is -4.75. The summed E-state index contributed by atoms with van der Waals surface area (Å²) in [4.78, 5) is 0. The average Bonchev–Trinajstić information content (AvgIpc) is 2.01. The Bertz CT molecular complexity index is 415. The molecule has 0 saturated heterocycles. The van der Waals surface area contributed by atoms with Crippen LogP contribution in [0.15, 0.2) is 24.3 Å². The topological polar surface area (TPSA) is 74.6 Å².